The van der Waals surface area contributed by atoms with E-state index < -0.39 is 0 Å². The van der Waals surface area contributed by atoms with Crippen LogP contribution in [-0.4, -0.2) is 14.0 Å². The van der Waals surface area contributed by atoms with E-state index in [0.29, 0.717) is 0 Å². The van der Waals surface area contributed by atoms with Gasteiger partial charge in [0.05, 0.1) is 6.61 Å². The Morgan fingerprint density at radius 1 is 1.75 bits per heavy atom. The Labute approximate surface area is 50.8 Å². The van der Waals surface area contributed by atoms with Gasteiger partial charge in [-0.25, -0.2) is 5.39 Å². The lowest BCUT2D eigenvalue weighted by molar-refractivity contribution is 0.114. The van der Waals surface area contributed by atoms with Crippen molar-refractivity contribution in [3.05, 3.63) is 0 Å². The molecule has 0 amide bonds. The lowest BCUT2D eigenvalue weighted by Gasteiger charge is -2.07. The van der Waals surface area contributed by atoms with E-state index in [-0.39, 0.29) is 0 Å². The van der Waals surface area contributed by atoms with Crippen LogP contribution >= 0.6 is 0 Å². The van der Waals surface area contributed by atoms with Crippen molar-refractivity contribution in [3.63, 3.8) is 0 Å². The Kier molecular flexibility index (Phi) is 1.92. The summed E-state index contributed by atoms with van der Waals surface area (Å²) in [7, 11) is 1.03. The largest absolute Gasteiger partial charge is 0.314 e. The molecule has 0 aromatic rings. The fourth-order valence-electron chi connectivity index (χ4n) is 0.819. The zero-order chi connectivity index (χ0) is 5.98. The minimum atomic E-state index is 0.731. The molecule has 0 radical (unpaired) electrons. The van der Waals surface area contributed by atoms with Crippen molar-refractivity contribution in [1.82, 2.24) is 5.39 Å². The minimum absolute atomic E-state index is 0.731. The average Bonchev–Trinajstić information content (AvgIpc) is 2.12. The lowest BCUT2D eigenvalue weighted by atomic mass is 9.71. The first kappa shape index (κ1) is 6.11. The van der Waals surface area contributed by atoms with Gasteiger partial charge < -0.3 is 4.84 Å². The van der Waals surface area contributed by atoms with Crippen LogP contribution in [0.25, 0.3) is 0 Å². The lowest BCUT2D eigenvalue weighted by Crippen LogP contribution is -2.13. The average molecular weight is 113 g/mol. The van der Waals surface area contributed by atoms with Crippen molar-refractivity contribution < 1.29 is 4.84 Å². The fraction of sp³-hybridized carbons (Fsp3) is 1.00. The second kappa shape index (κ2) is 2.51. The van der Waals surface area contributed by atoms with E-state index in [1.165, 1.54) is 0 Å². The fourth-order valence-corrected chi connectivity index (χ4v) is 0.819. The number of nitrogens with one attached hydrogen (secondary N) is 1. The van der Waals surface area contributed by atoms with Crippen LogP contribution in [-0.2, 0) is 4.84 Å². The molecule has 3 heteroatoms. The molecule has 2 nitrogen and oxygen atoms in total. The van der Waals surface area contributed by atoms with E-state index in [9.17, 15) is 0 Å². The third-order valence-electron chi connectivity index (χ3n) is 1.69. The van der Waals surface area contributed by atoms with Crippen LogP contribution < -0.4 is 5.39 Å². The number of hydrogen-bond donors (Lipinski definition) is 1. The smallest absolute Gasteiger partial charge is 0.240 e. The van der Waals surface area contributed by atoms with Crippen LogP contribution in [0.3, 0.4) is 0 Å². The first-order chi connectivity index (χ1) is 3.80. The molecule has 0 bridgehead atoms. The van der Waals surface area contributed by atoms with Crippen molar-refractivity contribution >= 4 is 7.41 Å². The Balaban J connectivity index is 2.24. The molecule has 1 saturated heterocycles. The van der Waals surface area contributed by atoms with Gasteiger partial charge in [0, 0.05) is 0 Å². The van der Waals surface area contributed by atoms with E-state index >= 15 is 0 Å². The second-order valence-corrected chi connectivity index (χ2v) is 2.66. The van der Waals surface area contributed by atoms with Crippen molar-refractivity contribution in [1.29, 1.82) is 0 Å². The Morgan fingerprint density at radius 3 is 2.75 bits per heavy atom. The zero-order valence-corrected chi connectivity index (χ0v) is 5.48. The van der Waals surface area contributed by atoms with Gasteiger partial charge in [0.25, 0.3) is 0 Å². The van der Waals surface area contributed by atoms with E-state index in [1.807, 2.05) is 0 Å². The van der Waals surface area contributed by atoms with Crippen molar-refractivity contribution in [3.8, 4) is 0 Å². The third kappa shape index (κ3) is 1.23. The summed E-state index contributed by atoms with van der Waals surface area (Å²) in [5, 5.41) is 2.85. The molecule has 1 aliphatic rings. The van der Waals surface area contributed by atoms with Gasteiger partial charge in [-0.2, -0.15) is 0 Å². The molecule has 1 atom stereocenters. The number of hydrogen-bond acceptors (Lipinski definition) is 2. The van der Waals surface area contributed by atoms with Crippen LogP contribution in [0, 0.1) is 5.92 Å². The maximum absolute atomic E-state index is 4.97. The first-order valence-corrected chi connectivity index (χ1v) is 3.15. The highest BCUT2D eigenvalue weighted by Gasteiger charge is 2.20. The van der Waals surface area contributed by atoms with Crippen LogP contribution in [0.15, 0.2) is 0 Å². The normalized spacial score (nSPS) is 28.6. The molecule has 1 rings (SSSR count). The maximum Gasteiger partial charge on any atom is 0.240 e. The molecule has 1 fully saturated rings. The van der Waals surface area contributed by atoms with Gasteiger partial charge in [-0.1, -0.05) is 13.8 Å². The van der Waals surface area contributed by atoms with E-state index in [4.69, 9.17) is 4.84 Å². The minimum Gasteiger partial charge on any atom is -0.314 e. The molecule has 0 aromatic carbocycles. The molecule has 8 heavy (non-hydrogen) atoms. The summed E-state index contributed by atoms with van der Waals surface area (Å²) >= 11 is 0. The molecule has 0 saturated carbocycles. The first-order valence-electron chi connectivity index (χ1n) is 3.15. The van der Waals surface area contributed by atoms with Gasteiger partial charge >= 0.3 is 0 Å². The monoisotopic (exact) mass is 113 g/mol. The summed E-state index contributed by atoms with van der Waals surface area (Å²) in [4.78, 5) is 4.97. The van der Waals surface area contributed by atoms with Gasteiger partial charge in [-0.15, -0.1) is 0 Å². The van der Waals surface area contributed by atoms with Gasteiger partial charge in [0.2, 0.25) is 7.41 Å². The Hall–Kier alpha value is -0.0151. The van der Waals surface area contributed by atoms with Crippen LogP contribution in [0.1, 0.15) is 13.8 Å². The van der Waals surface area contributed by atoms with Crippen molar-refractivity contribution in [2.75, 3.05) is 6.61 Å². The highest BCUT2D eigenvalue weighted by molar-refractivity contribution is 6.34. The molecule has 46 valence electrons. The topological polar surface area (TPSA) is 21.3 Å². The third-order valence-corrected chi connectivity index (χ3v) is 1.69. The van der Waals surface area contributed by atoms with Crippen LogP contribution in [0.4, 0.5) is 0 Å². The predicted octanol–water partition coefficient (Wildman–Crippen LogP) is 0.317. The summed E-state index contributed by atoms with van der Waals surface area (Å²) in [6, 6.07) is 0. The highest BCUT2D eigenvalue weighted by atomic mass is 16.6. The van der Waals surface area contributed by atoms with Gasteiger partial charge in [0.15, 0.2) is 0 Å². The second-order valence-electron chi connectivity index (χ2n) is 2.66. The van der Waals surface area contributed by atoms with E-state index in [1.54, 1.807) is 0 Å². The molecular formula is C5H12BNO. The zero-order valence-electron chi connectivity index (χ0n) is 5.48. The Morgan fingerprint density at radius 2 is 2.50 bits per heavy atom. The van der Waals surface area contributed by atoms with Gasteiger partial charge in [-0.3, -0.25) is 0 Å². The summed E-state index contributed by atoms with van der Waals surface area (Å²) in [5.74, 6) is 1.49. The van der Waals surface area contributed by atoms with Crippen molar-refractivity contribution in [2.45, 2.75) is 19.7 Å². The summed E-state index contributed by atoms with van der Waals surface area (Å²) in [6.07, 6.45) is 0. The van der Waals surface area contributed by atoms with Gasteiger partial charge in [-0.05, 0) is 11.7 Å². The number of rotatable bonds is 1. The van der Waals surface area contributed by atoms with Gasteiger partial charge in [0.1, 0.15) is 0 Å². The summed E-state index contributed by atoms with van der Waals surface area (Å²) in [5.41, 5.74) is 0. The Bertz CT molecular complexity index is 70.8. The molecule has 1 unspecified atom stereocenters. The quantitative estimate of drug-likeness (QED) is 0.494. The maximum atomic E-state index is 4.97. The van der Waals surface area contributed by atoms with Crippen LogP contribution in [0.5, 0.6) is 0 Å². The molecule has 0 aromatic heterocycles. The molecule has 1 aliphatic heterocycles. The molecule has 0 aliphatic carbocycles. The SMILES string of the molecule is CC(C)C1BNOC1. The standard InChI is InChI=1S/C5H12BNO/c1-4(2)5-3-8-7-6-5/h4-7H,3H2,1-2H3. The van der Waals surface area contributed by atoms with Crippen molar-refractivity contribution in [2.24, 2.45) is 5.92 Å². The molecule has 1 N–H and O–H groups in total. The summed E-state index contributed by atoms with van der Waals surface area (Å²) < 4.78 is 0. The molecule has 0 spiro atoms. The van der Waals surface area contributed by atoms with E-state index in [2.05, 4.69) is 19.2 Å². The molecule has 1 heterocycles. The molecular weight excluding hydrogens is 101 g/mol. The van der Waals surface area contributed by atoms with Crippen LogP contribution in [0.2, 0.25) is 5.82 Å². The predicted molar refractivity (Wildman–Crippen MR) is 34.8 cm³/mol. The highest BCUT2D eigenvalue weighted by Crippen LogP contribution is 2.17. The van der Waals surface area contributed by atoms with E-state index in [0.717, 1.165) is 25.8 Å². The summed E-state index contributed by atoms with van der Waals surface area (Å²) in [6.45, 7) is 5.33.